The second kappa shape index (κ2) is 12.1. The zero-order valence-corrected chi connectivity index (χ0v) is 26.5. The Labute approximate surface area is 266 Å². The van der Waals surface area contributed by atoms with Crippen LogP contribution in [0.15, 0.2) is 66.7 Å². The van der Waals surface area contributed by atoms with E-state index in [9.17, 15) is 9.59 Å². The van der Waals surface area contributed by atoms with E-state index in [0.29, 0.717) is 60.6 Å². The van der Waals surface area contributed by atoms with Gasteiger partial charge >= 0.3 is 0 Å². The first kappa shape index (κ1) is 29.8. The van der Waals surface area contributed by atoms with Crippen LogP contribution in [-0.2, 0) is 0 Å². The molecule has 3 aromatic rings. The highest BCUT2D eigenvalue weighted by atomic mass is 19.1. The minimum Gasteiger partial charge on any atom is -0.494 e. The number of piperazine rings is 1. The number of benzene rings is 3. The van der Waals surface area contributed by atoms with Gasteiger partial charge in [0.2, 0.25) is 0 Å². The van der Waals surface area contributed by atoms with E-state index in [2.05, 4.69) is 4.90 Å². The largest absolute Gasteiger partial charge is 0.494 e. The van der Waals surface area contributed by atoms with Crippen molar-refractivity contribution < 1.29 is 18.7 Å². The van der Waals surface area contributed by atoms with Gasteiger partial charge in [0, 0.05) is 62.1 Å². The first-order valence-corrected chi connectivity index (χ1v) is 16.7. The summed E-state index contributed by atoms with van der Waals surface area (Å²) in [6.07, 6.45) is 8.14. The molecule has 1 heterocycles. The Balaban J connectivity index is 0.937. The van der Waals surface area contributed by atoms with E-state index in [1.165, 1.54) is 44.6 Å². The van der Waals surface area contributed by atoms with Crippen molar-refractivity contribution in [3.05, 3.63) is 83.7 Å². The van der Waals surface area contributed by atoms with Crippen LogP contribution >= 0.6 is 0 Å². The number of nitrogens with zero attached hydrogens (tertiary/aromatic N) is 3. The number of amides is 2. The second-order valence-corrected chi connectivity index (χ2v) is 14.1. The molecule has 0 N–H and O–H groups in total. The maximum atomic E-state index is 15.1. The highest BCUT2D eigenvalue weighted by Gasteiger charge is 2.51. The number of hydrogen-bond donors (Lipinski definition) is 0. The maximum Gasteiger partial charge on any atom is 0.254 e. The van der Waals surface area contributed by atoms with Gasteiger partial charge in [0.25, 0.3) is 11.8 Å². The standard InChI is InChI=1S/C38H44FN3O3/c1-3-45-33-6-4-5-30(20-33)34-12-9-31(21-35(34)39)37(44)42-15-13-41(14-16-42)32-10-7-29(8-11-32)36(43)40(2)25-38-22-26-17-27(23-38)19-28(18-26)24-38/h4-12,20-21,26-28H,3,13-19,22-25H2,1-2H3. The molecule has 4 bridgehead atoms. The van der Waals surface area contributed by atoms with Crippen LogP contribution in [0.3, 0.4) is 0 Å². The maximum absolute atomic E-state index is 15.1. The lowest BCUT2D eigenvalue weighted by Crippen LogP contribution is -2.51. The molecule has 0 radical (unpaired) electrons. The van der Waals surface area contributed by atoms with Gasteiger partial charge in [0.05, 0.1) is 6.61 Å². The van der Waals surface area contributed by atoms with E-state index in [-0.39, 0.29) is 11.8 Å². The molecule has 7 heteroatoms. The zero-order chi connectivity index (χ0) is 31.1. The number of carbonyl (C=O) groups is 2. The van der Waals surface area contributed by atoms with Gasteiger partial charge in [-0.05, 0) is 123 Å². The van der Waals surface area contributed by atoms with Crippen molar-refractivity contribution in [2.45, 2.75) is 45.4 Å². The minimum absolute atomic E-state index is 0.105. The molecule has 0 unspecified atom stereocenters. The van der Waals surface area contributed by atoms with Crippen LogP contribution in [0.5, 0.6) is 5.75 Å². The number of halogens is 1. The summed E-state index contributed by atoms with van der Waals surface area (Å²) in [5, 5.41) is 0. The predicted octanol–water partition coefficient (Wildman–Crippen LogP) is 7.14. The Kier molecular flexibility index (Phi) is 8.05. The molecule has 1 aliphatic heterocycles. The highest BCUT2D eigenvalue weighted by Crippen LogP contribution is 2.60. The van der Waals surface area contributed by atoms with E-state index in [1.807, 2.05) is 67.4 Å². The molecule has 5 aliphatic rings. The lowest BCUT2D eigenvalue weighted by molar-refractivity contribution is -0.0629. The van der Waals surface area contributed by atoms with Crippen molar-refractivity contribution in [3.63, 3.8) is 0 Å². The van der Waals surface area contributed by atoms with Crippen molar-refractivity contribution in [1.82, 2.24) is 9.80 Å². The molecule has 45 heavy (non-hydrogen) atoms. The molecule has 6 nitrogen and oxygen atoms in total. The molecule has 0 spiro atoms. The fraction of sp³-hybridized carbons (Fsp3) is 0.474. The molecular formula is C38H44FN3O3. The van der Waals surface area contributed by atoms with Gasteiger partial charge in [0.1, 0.15) is 11.6 Å². The van der Waals surface area contributed by atoms with Gasteiger partial charge < -0.3 is 19.4 Å². The molecule has 8 rings (SSSR count). The summed E-state index contributed by atoms with van der Waals surface area (Å²) >= 11 is 0. The van der Waals surface area contributed by atoms with E-state index >= 15 is 4.39 Å². The van der Waals surface area contributed by atoms with Crippen LogP contribution in [0, 0.1) is 29.0 Å². The predicted molar refractivity (Wildman–Crippen MR) is 175 cm³/mol. The molecule has 0 aromatic heterocycles. The molecule has 5 fully saturated rings. The van der Waals surface area contributed by atoms with E-state index < -0.39 is 5.82 Å². The average Bonchev–Trinajstić information content (AvgIpc) is 3.03. The molecule has 1 saturated heterocycles. The number of ether oxygens (including phenoxy) is 1. The summed E-state index contributed by atoms with van der Waals surface area (Å²) in [6.45, 7) is 5.78. The molecule has 3 aromatic carbocycles. The lowest BCUT2D eigenvalue weighted by Gasteiger charge is -2.57. The Morgan fingerprint density at radius 3 is 2.13 bits per heavy atom. The molecular weight excluding hydrogens is 565 g/mol. The number of carbonyl (C=O) groups excluding carboxylic acids is 2. The Morgan fingerprint density at radius 2 is 1.51 bits per heavy atom. The molecule has 4 aliphatic carbocycles. The van der Waals surface area contributed by atoms with Crippen molar-refractivity contribution in [3.8, 4) is 16.9 Å². The van der Waals surface area contributed by atoms with E-state index in [1.54, 1.807) is 17.0 Å². The average molecular weight is 610 g/mol. The lowest BCUT2D eigenvalue weighted by atomic mass is 9.49. The van der Waals surface area contributed by atoms with Gasteiger partial charge in [-0.15, -0.1) is 0 Å². The molecule has 4 saturated carbocycles. The van der Waals surface area contributed by atoms with E-state index in [0.717, 1.165) is 35.5 Å². The van der Waals surface area contributed by atoms with Gasteiger partial charge in [0.15, 0.2) is 0 Å². The third-order valence-electron chi connectivity index (χ3n) is 10.8. The van der Waals surface area contributed by atoms with E-state index in [4.69, 9.17) is 4.74 Å². The van der Waals surface area contributed by atoms with Crippen LogP contribution < -0.4 is 9.64 Å². The third kappa shape index (κ3) is 6.06. The summed E-state index contributed by atoms with van der Waals surface area (Å²) in [6, 6.07) is 20.0. The second-order valence-electron chi connectivity index (χ2n) is 14.1. The molecule has 236 valence electrons. The van der Waals surface area contributed by atoms with Crippen molar-refractivity contribution in [1.29, 1.82) is 0 Å². The fourth-order valence-electron chi connectivity index (χ4n) is 9.25. The van der Waals surface area contributed by atoms with Crippen LogP contribution in [0.2, 0.25) is 0 Å². The SMILES string of the molecule is CCOc1cccc(-c2ccc(C(=O)N3CCN(c4ccc(C(=O)N(C)CC56CC7CC(CC(C7)C5)C6)cc4)CC3)cc2F)c1. The van der Waals surface area contributed by atoms with Crippen LogP contribution in [0.1, 0.15) is 66.2 Å². The van der Waals surface area contributed by atoms with Gasteiger partial charge in [-0.1, -0.05) is 18.2 Å². The van der Waals surface area contributed by atoms with Crippen LogP contribution in [0.4, 0.5) is 10.1 Å². The summed E-state index contributed by atoms with van der Waals surface area (Å²) in [5.41, 5.74) is 3.62. The van der Waals surface area contributed by atoms with Gasteiger partial charge in [-0.2, -0.15) is 0 Å². The Bertz CT molecular complexity index is 1530. The monoisotopic (exact) mass is 609 g/mol. The van der Waals surface area contributed by atoms with Crippen LogP contribution in [-0.4, -0.2) is 68.0 Å². The highest BCUT2D eigenvalue weighted by molar-refractivity contribution is 5.95. The quantitative estimate of drug-likeness (QED) is 0.272. The van der Waals surface area contributed by atoms with Crippen molar-refractivity contribution >= 4 is 17.5 Å². The fourth-order valence-corrected chi connectivity index (χ4v) is 9.25. The number of hydrogen-bond acceptors (Lipinski definition) is 4. The first-order valence-electron chi connectivity index (χ1n) is 16.7. The zero-order valence-electron chi connectivity index (χ0n) is 26.5. The third-order valence-corrected chi connectivity index (χ3v) is 10.8. The summed E-state index contributed by atoms with van der Waals surface area (Å²) in [5.74, 6) is 2.85. The van der Waals surface area contributed by atoms with Crippen molar-refractivity contribution in [2.24, 2.45) is 23.2 Å². The Morgan fingerprint density at radius 1 is 0.867 bits per heavy atom. The van der Waals surface area contributed by atoms with Crippen molar-refractivity contribution in [2.75, 3.05) is 51.3 Å². The van der Waals surface area contributed by atoms with Gasteiger partial charge in [-0.25, -0.2) is 4.39 Å². The summed E-state index contributed by atoms with van der Waals surface area (Å²) in [7, 11) is 1.98. The van der Waals surface area contributed by atoms with Crippen LogP contribution in [0.25, 0.3) is 11.1 Å². The topological polar surface area (TPSA) is 53.1 Å². The summed E-state index contributed by atoms with van der Waals surface area (Å²) < 4.78 is 20.7. The molecule has 2 amide bonds. The molecule has 0 atom stereocenters. The van der Waals surface area contributed by atoms with Gasteiger partial charge in [-0.3, -0.25) is 9.59 Å². The summed E-state index contributed by atoms with van der Waals surface area (Å²) in [4.78, 5) is 32.7. The Hall–Kier alpha value is -3.87. The smallest absolute Gasteiger partial charge is 0.254 e. The normalized spacial score (nSPS) is 25.4. The number of anilines is 1. The number of rotatable bonds is 8. The minimum atomic E-state index is -0.425. The first-order chi connectivity index (χ1) is 21.8.